The molecule has 2 aromatic rings. The second kappa shape index (κ2) is 9.59. The van der Waals surface area contributed by atoms with E-state index in [9.17, 15) is 9.18 Å². The molecule has 172 valence electrons. The molecule has 1 unspecified atom stereocenters. The van der Waals surface area contributed by atoms with Crippen molar-refractivity contribution in [3.63, 3.8) is 0 Å². The van der Waals surface area contributed by atoms with Gasteiger partial charge in [-0.05, 0) is 48.9 Å². The maximum absolute atomic E-state index is 14.6. The summed E-state index contributed by atoms with van der Waals surface area (Å²) in [5.41, 5.74) is 1.12. The summed E-state index contributed by atoms with van der Waals surface area (Å²) < 4.78 is 26.5. The first-order valence-electron chi connectivity index (χ1n) is 11.5. The van der Waals surface area contributed by atoms with E-state index in [2.05, 4.69) is 11.0 Å². The van der Waals surface area contributed by atoms with Crippen molar-refractivity contribution < 1.29 is 18.7 Å². The smallest absolute Gasteiger partial charge is 0.256 e. The van der Waals surface area contributed by atoms with E-state index in [4.69, 9.17) is 9.47 Å². The monoisotopic (exact) mass is 440 g/mol. The number of hydrogen-bond acceptors (Lipinski definition) is 4. The SMILES string of the molecule is COc1ccccc1CCN1CCC2(CC1)CN(c1ccccc1F)C(=O)C(C(C)C)O2. The van der Waals surface area contributed by atoms with Crippen molar-refractivity contribution in [2.75, 3.05) is 38.2 Å². The molecule has 2 aliphatic heterocycles. The Morgan fingerprint density at radius 2 is 1.81 bits per heavy atom. The van der Waals surface area contributed by atoms with Crippen LogP contribution < -0.4 is 9.64 Å². The van der Waals surface area contributed by atoms with Gasteiger partial charge in [-0.2, -0.15) is 0 Å². The lowest BCUT2D eigenvalue weighted by Gasteiger charge is -2.50. The largest absolute Gasteiger partial charge is 0.496 e. The summed E-state index contributed by atoms with van der Waals surface area (Å²) in [6.07, 6.45) is 2.01. The van der Waals surface area contributed by atoms with Crippen molar-refractivity contribution in [1.29, 1.82) is 0 Å². The van der Waals surface area contributed by atoms with Gasteiger partial charge < -0.3 is 19.3 Å². The number of carbonyl (C=O) groups is 1. The summed E-state index contributed by atoms with van der Waals surface area (Å²) in [6, 6.07) is 14.7. The van der Waals surface area contributed by atoms with Crippen LogP contribution in [0.5, 0.6) is 5.75 Å². The third-order valence-corrected chi connectivity index (χ3v) is 6.74. The molecule has 0 N–H and O–H groups in total. The number of hydrogen-bond donors (Lipinski definition) is 0. The zero-order valence-electron chi connectivity index (χ0n) is 19.2. The third-order valence-electron chi connectivity index (χ3n) is 6.74. The summed E-state index contributed by atoms with van der Waals surface area (Å²) in [5, 5.41) is 0. The molecule has 32 heavy (non-hydrogen) atoms. The molecule has 0 radical (unpaired) electrons. The highest BCUT2D eigenvalue weighted by Gasteiger charge is 2.48. The zero-order chi connectivity index (χ0) is 22.7. The van der Waals surface area contributed by atoms with Gasteiger partial charge in [-0.1, -0.05) is 44.2 Å². The minimum atomic E-state index is -0.552. The van der Waals surface area contributed by atoms with E-state index in [0.29, 0.717) is 12.2 Å². The first-order valence-corrected chi connectivity index (χ1v) is 11.5. The molecule has 1 amide bonds. The fourth-order valence-electron chi connectivity index (χ4n) is 4.82. The van der Waals surface area contributed by atoms with Crippen molar-refractivity contribution in [3.05, 3.63) is 59.9 Å². The molecule has 6 heteroatoms. The summed E-state index contributed by atoms with van der Waals surface area (Å²) in [6.45, 7) is 7.10. The van der Waals surface area contributed by atoms with Crippen LogP contribution in [0.15, 0.2) is 48.5 Å². The number of halogens is 1. The summed E-state index contributed by atoms with van der Waals surface area (Å²) in [4.78, 5) is 17.2. The number of anilines is 1. The lowest BCUT2D eigenvalue weighted by Crippen LogP contribution is -2.63. The number of likely N-dealkylation sites (tertiary alicyclic amines) is 1. The summed E-state index contributed by atoms with van der Waals surface area (Å²) in [7, 11) is 1.71. The summed E-state index contributed by atoms with van der Waals surface area (Å²) in [5.74, 6) is 0.442. The second-order valence-corrected chi connectivity index (χ2v) is 9.24. The van der Waals surface area contributed by atoms with E-state index in [1.165, 1.54) is 11.6 Å². The molecule has 2 aliphatic rings. The number of para-hydroxylation sites is 2. The van der Waals surface area contributed by atoms with Crippen molar-refractivity contribution in [2.45, 2.75) is 44.8 Å². The molecule has 1 spiro atoms. The predicted octanol–water partition coefficient (Wildman–Crippen LogP) is 4.30. The molecule has 1 atom stereocenters. The third kappa shape index (κ3) is 4.66. The number of nitrogens with zero attached hydrogens (tertiary/aromatic N) is 2. The van der Waals surface area contributed by atoms with Crippen LogP contribution in [-0.4, -0.2) is 55.8 Å². The highest BCUT2D eigenvalue weighted by atomic mass is 19.1. The van der Waals surface area contributed by atoms with Gasteiger partial charge >= 0.3 is 0 Å². The number of rotatable bonds is 6. The normalized spacial score (nSPS) is 21.3. The Balaban J connectivity index is 1.45. The standard InChI is InChI=1S/C26H33FN2O3/c1-19(2)24-25(30)29(22-10-6-5-9-21(22)27)18-26(32-24)13-16-28(17-14-26)15-12-20-8-4-7-11-23(20)31-3/h4-11,19,24H,12-18H2,1-3H3. The first kappa shape index (κ1) is 22.7. The first-order chi connectivity index (χ1) is 15.4. The molecule has 5 nitrogen and oxygen atoms in total. The number of benzene rings is 2. The molecule has 0 bridgehead atoms. The number of methoxy groups -OCH3 is 1. The molecule has 2 heterocycles. The Morgan fingerprint density at radius 3 is 2.50 bits per heavy atom. The minimum Gasteiger partial charge on any atom is -0.496 e. The van der Waals surface area contributed by atoms with Crippen LogP contribution in [0.3, 0.4) is 0 Å². The fourth-order valence-corrected chi connectivity index (χ4v) is 4.82. The number of amides is 1. The van der Waals surface area contributed by atoms with Gasteiger partial charge in [-0.3, -0.25) is 4.79 Å². The van der Waals surface area contributed by atoms with Crippen LogP contribution in [0.4, 0.5) is 10.1 Å². The lowest BCUT2D eigenvalue weighted by molar-refractivity contribution is -0.171. The molecule has 0 saturated carbocycles. The van der Waals surface area contributed by atoms with Crippen molar-refractivity contribution in [1.82, 2.24) is 4.90 Å². The van der Waals surface area contributed by atoms with E-state index < -0.39 is 11.7 Å². The van der Waals surface area contributed by atoms with E-state index in [0.717, 1.165) is 44.6 Å². The number of morpholine rings is 1. The Hall–Kier alpha value is -2.44. The van der Waals surface area contributed by atoms with Gasteiger partial charge in [-0.15, -0.1) is 0 Å². The molecule has 0 aromatic heterocycles. The minimum absolute atomic E-state index is 0.0255. The molecular formula is C26H33FN2O3. The van der Waals surface area contributed by atoms with Gasteiger partial charge in [-0.25, -0.2) is 4.39 Å². The van der Waals surface area contributed by atoms with Crippen LogP contribution in [0.2, 0.25) is 0 Å². The topological polar surface area (TPSA) is 42.0 Å². The van der Waals surface area contributed by atoms with Crippen molar-refractivity contribution >= 4 is 11.6 Å². The highest BCUT2D eigenvalue weighted by Crippen LogP contribution is 2.37. The zero-order valence-corrected chi connectivity index (χ0v) is 19.2. The second-order valence-electron chi connectivity index (χ2n) is 9.24. The van der Waals surface area contributed by atoms with Crippen molar-refractivity contribution in [2.24, 2.45) is 5.92 Å². The Kier molecular flexibility index (Phi) is 6.82. The van der Waals surface area contributed by atoms with Crippen LogP contribution >= 0.6 is 0 Å². The van der Waals surface area contributed by atoms with E-state index in [1.54, 1.807) is 30.2 Å². The van der Waals surface area contributed by atoms with Crippen LogP contribution in [0.25, 0.3) is 0 Å². The average molecular weight is 441 g/mol. The van der Waals surface area contributed by atoms with Gasteiger partial charge in [0, 0.05) is 19.6 Å². The van der Waals surface area contributed by atoms with Gasteiger partial charge in [0.25, 0.3) is 5.91 Å². The molecule has 2 aromatic carbocycles. The predicted molar refractivity (Wildman–Crippen MR) is 124 cm³/mol. The van der Waals surface area contributed by atoms with Crippen LogP contribution in [0, 0.1) is 11.7 Å². The number of piperidine rings is 1. The maximum Gasteiger partial charge on any atom is 0.256 e. The maximum atomic E-state index is 14.6. The van der Waals surface area contributed by atoms with E-state index in [-0.39, 0.29) is 17.6 Å². The Bertz CT molecular complexity index is 940. The van der Waals surface area contributed by atoms with Gasteiger partial charge in [0.1, 0.15) is 17.7 Å². The lowest BCUT2D eigenvalue weighted by atomic mass is 9.86. The van der Waals surface area contributed by atoms with Crippen molar-refractivity contribution in [3.8, 4) is 5.75 Å². The number of carbonyl (C=O) groups excluding carboxylic acids is 1. The average Bonchev–Trinajstić information content (AvgIpc) is 2.81. The molecule has 4 rings (SSSR count). The van der Waals surface area contributed by atoms with Gasteiger partial charge in [0.15, 0.2) is 0 Å². The summed E-state index contributed by atoms with van der Waals surface area (Å²) >= 11 is 0. The van der Waals surface area contributed by atoms with Gasteiger partial charge in [0.05, 0.1) is 24.9 Å². The highest BCUT2D eigenvalue weighted by molar-refractivity contribution is 5.97. The number of ether oxygens (including phenoxy) is 2. The van der Waals surface area contributed by atoms with E-state index >= 15 is 0 Å². The Labute approximate surface area is 190 Å². The van der Waals surface area contributed by atoms with E-state index in [1.807, 2.05) is 32.0 Å². The molecular weight excluding hydrogens is 407 g/mol. The van der Waals surface area contributed by atoms with Crippen LogP contribution in [0.1, 0.15) is 32.3 Å². The van der Waals surface area contributed by atoms with Gasteiger partial charge in [0.2, 0.25) is 0 Å². The fraction of sp³-hybridized carbons (Fsp3) is 0.500. The molecule has 0 aliphatic carbocycles. The van der Waals surface area contributed by atoms with Crippen LogP contribution in [-0.2, 0) is 16.0 Å². The Morgan fingerprint density at radius 1 is 1.12 bits per heavy atom. The molecule has 2 saturated heterocycles. The quantitative estimate of drug-likeness (QED) is 0.672. The molecule has 2 fully saturated rings.